The van der Waals surface area contributed by atoms with E-state index in [1.54, 1.807) is 0 Å². The summed E-state index contributed by atoms with van der Waals surface area (Å²) in [4.78, 5) is 7.90. The van der Waals surface area contributed by atoms with E-state index in [1.807, 2.05) is 10.9 Å². The second kappa shape index (κ2) is 3.32. The Morgan fingerprint density at radius 3 is 2.87 bits per heavy atom. The van der Waals surface area contributed by atoms with E-state index in [0.29, 0.717) is 10.8 Å². The summed E-state index contributed by atoms with van der Waals surface area (Å²) in [6.45, 7) is 0.935. The van der Waals surface area contributed by atoms with Crippen LogP contribution in [-0.2, 0) is 6.54 Å². The van der Waals surface area contributed by atoms with Gasteiger partial charge in [0.05, 0.1) is 5.39 Å². The van der Waals surface area contributed by atoms with Crippen molar-refractivity contribution in [2.24, 2.45) is 5.92 Å². The zero-order valence-corrected chi connectivity index (χ0v) is 9.33. The number of fused-ring (bicyclic) bond motifs is 1. The maximum atomic E-state index is 5.94. The lowest BCUT2D eigenvalue weighted by molar-refractivity contribution is 0.567. The third kappa shape index (κ3) is 1.79. The number of rotatable bonds is 2. The van der Waals surface area contributed by atoms with Gasteiger partial charge in [0, 0.05) is 12.7 Å². The van der Waals surface area contributed by atoms with Gasteiger partial charge in [-0.1, -0.05) is 11.6 Å². The first-order chi connectivity index (χ1) is 7.22. The molecule has 78 valence electrons. The number of aromatic nitrogens is 4. The van der Waals surface area contributed by atoms with Gasteiger partial charge >= 0.3 is 0 Å². The number of halogens is 2. The predicted molar refractivity (Wildman–Crippen MR) is 58.1 cm³/mol. The Morgan fingerprint density at radius 2 is 2.13 bits per heavy atom. The van der Waals surface area contributed by atoms with Crippen molar-refractivity contribution in [3.8, 4) is 0 Å². The summed E-state index contributed by atoms with van der Waals surface area (Å²) in [5.74, 6) is 0.765. The largest absolute Gasteiger partial charge is 0.270 e. The second-order valence-corrected chi connectivity index (χ2v) is 4.51. The molecule has 1 fully saturated rings. The molecule has 3 rings (SSSR count). The maximum absolute atomic E-state index is 5.94. The van der Waals surface area contributed by atoms with Crippen LogP contribution in [0.3, 0.4) is 0 Å². The molecule has 15 heavy (non-hydrogen) atoms. The van der Waals surface area contributed by atoms with Gasteiger partial charge in [-0.3, -0.25) is 4.68 Å². The molecular formula is C9H8Cl2N4. The first-order valence-corrected chi connectivity index (χ1v) is 5.54. The number of hydrogen-bond acceptors (Lipinski definition) is 3. The molecule has 2 aromatic rings. The summed E-state index contributed by atoms with van der Waals surface area (Å²) >= 11 is 11.6. The van der Waals surface area contributed by atoms with Crippen molar-refractivity contribution < 1.29 is 0 Å². The Morgan fingerprint density at radius 1 is 1.33 bits per heavy atom. The third-order valence-corrected chi connectivity index (χ3v) is 2.95. The predicted octanol–water partition coefficient (Wildman–Crippen LogP) is 2.54. The molecule has 0 N–H and O–H groups in total. The molecule has 2 heterocycles. The summed E-state index contributed by atoms with van der Waals surface area (Å²) in [5.41, 5.74) is 0.570. The molecule has 0 atom stereocenters. The number of hydrogen-bond donors (Lipinski definition) is 0. The Bertz CT molecular complexity index is 518. The molecule has 0 aliphatic heterocycles. The molecule has 2 aromatic heterocycles. The molecule has 0 spiro atoms. The van der Waals surface area contributed by atoms with Gasteiger partial charge in [-0.05, 0) is 30.4 Å². The lowest BCUT2D eigenvalue weighted by Gasteiger charge is -1.95. The summed E-state index contributed by atoms with van der Waals surface area (Å²) in [5, 5.41) is 5.59. The van der Waals surface area contributed by atoms with Crippen molar-refractivity contribution in [2.75, 3.05) is 0 Å². The van der Waals surface area contributed by atoms with E-state index in [1.165, 1.54) is 12.8 Å². The van der Waals surface area contributed by atoms with Crippen molar-refractivity contribution in [1.82, 2.24) is 19.7 Å². The zero-order chi connectivity index (χ0) is 10.4. The van der Waals surface area contributed by atoms with Crippen LogP contribution in [0.25, 0.3) is 11.0 Å². The van der Waals surface area contributed by atoms with Crippen LogP contribution in [0.15, 0.2) is 6.20 Å². The fraction of sp³-hybridized carbons (Fsp3) is 0.444. The zero-order valence-electron chi connectivity index (χ0n) is 7.82. The van der Waals surface area contributed by atoms with E-state index >= 15 is 0 Å². The smallest absolute Gasteiger partial charge is 0.225 e. The molecule has 0 bridgehead atoms. The standard InChI is InChI=1S/C9H8Cl2N4/c10-7-6-4-15(3-5-1-2-5)14-8(6)13-9(11)12-7/h4-5H,1-3H2. The molecule has 4 nitrogen and oxygen atoms in total. The lowest BCUT2D eigenvalue weighted by atomic mass is 10.4. The van der Waals surface area contributed by atoms with Gasteiger partial charge in [0.1, 0.15) is 5.15 Å². The summed E-state index contributed by atoms with van der Waals surface area (Å²) in [7, 11) is 0. The highest BCUT2D eigenvalue weighted by Gasteiger charge is 2.22. The van der Waals surface area contributed by atoms with Gasteiger partial charge in [-0.15, -0.1) is 0 Å². The van der Waals surface area contributed by atoms with Gasteiger partial charge in [-0.25, -0.2) is 4.98 Å². The van der Waals surface area contributed by atoms with E-state index in [-0.39, 0.29) is 5.28 Å². The highest BCUT2D eigenvalue weighted by molar-refractivity contribution is 6.35. The van der Waals surface area contributed by atoms with Crippen molar-refractivity contribution in [1.29, 1.82) is 0 Å². The minimum absolute atomic E-state index is 0.143. The first kappa shape index (κ1) is 9.36. The average Bonchev–Trinajstić information content (AvgIpc) is 2.85. The number of nitrogens with zero attached hydrogens (tertiary/aromatic N) is 4. The van der Waals surface area contributed by atoms with Crippen LogP contribution in [0.1, 0.15) is 12.8 Å². The Balaban J connectivity index is 2.07. The topological polar surface area (TPSA) is 43.6 Å². The fourth-order valence-electron chi connectivity index (χ4n) is 1.55. The molecule has 0 radical (unpaired) electrons. The SMILES string of the molecule is Clc1nc(Cl)c2cn(CC3CC3)nc2n1. The van der Waals surface area contributed by atoms with E-state index in [2.05, 4.69) is 15.1 Å². The minimum atomic E-state index is 0.143. The molecule has 1 saturated carbocycles. The molecule has 0 aromatic carbocycles. The van der Waals surface area contributed by atoms with Gasteiger partial charge in [0.25, 0.3) is 0 Å². The monoisotopic (exact) mass is 242 g/mol. The molecule has 1 aliphatic carbocycles. The minimum Gasteiger partial charge on any atom is -0.270 e. The van der Waals surface area contributed by atoms with Gasteiger partial charge in [-0.2, -0.15) is 10.1 Å². The van der Waals surface area contributed by atoms with Crippen LogP contribution in [0.5, 0.6) is 0 Å². The van der Waals surface area contributed by atoms with Gasteiger partial charge in [0.15, 0.2) is 5.65 Å². The summed E-state index contributed by atoms with van der Waals surface area (Å²) in [6.07, 6.45) is 4.46. The Hall–Kier alpha value is -0.870. The fourth-order valence-corrected chi connectivity index (χ4v) is 1.97. The van der Waals surface area contributed by atoms with Crippen molar-refractivity contribution in [3.63, 3.8) is 0 Å². The van der Waals surface area contributed by atoms with E-state index in [9.17, 15) is 0 Å². The van der Waals surface area contributed by atoms with Crippen LogP contribution in [0.4, 0.5) is 0 Å². The Labute approximate surface area is 96.2 Å². The normalized spacial score (nSPS) is 16.1. The summed E-state index contributed by atoms with van der Waals surface area (Å²) in [6, 6.07) is 0. The van der Waals surface area contributed by atoms with Crippen LogP contribution in [-0.4, -0.2) is 19.7 Å². The molecule has 0 amide bonds. The van der Waals surface area contributed by atoms with Gasteiger partial charge < -0.3 is 0 Å². The van der Waals surface area contributed by atoms with Crippen LogP contribution >= 0.6 is 23.2 Å². The van der Waals surface area contributed by atoms with E-state index < -0.39 is 0 Å². The molecule has 6 heteroatoms. The second-order valence-electron chi connectivity index (χ2n) is 3.82. The lowest BCUT2D eigenvalue weighted by Crippen LogP contribution is -1.99. The highest BCUT2D eigenvalue weighted by atomic mass is 35.5. The summed E-state index contributed by atoms with van der Waals surface area (Å²) < 4.78 is 1.87. The molecular weight excluding hydrogens is 235 g/mol. The highest BCUT2D eigenvalue weighted by Crippen LogP contribution is 2.31. The van der Waals surface area contributed by atoms with Crippen LogP contribution in [0.2, 0.25) is 10.4 Å². The Kier molecular flexibility index (Phi) is 2.07. The van der Waals surface area contributed by atoms with Crippen molar-refractivity contribution in [3.05, 3.63) is 16.6 Å². The van der Waals surface area contributed by atoms with Gasteiger partial charge in [0.2, 0.25) is 5.28 Å². The quantitative estimate of drug-likeness (QED) is 0.601. The van der Waals surface area contributed by atoms with E-state index in [0.717, 1.165) is 17.8 Å². The molecule has 0 unspecified atom stereocenters. The average molecular weight is 243 g/mol. The van der Waals surface area contributed by atoms with Crippen molar-refractivity contribution in [2.45, 2.75) is 19.4 Å². The van der Waals surface area contributed by atoms with Crippen LogP contribution in [0, 0.1) is 5.92 Å². The first-order valence-electron chi connectivity index (χ1n) is 4.78. The molecule has 0 saturated heterocycles. The van der Waals surface area contributed by atoms with Crippen molar-refractivity contribution >= 4 is 34.2 Å². The molecule has 1 aliphatic rings. The van der Waals surface area contributed by atoms with E-state index in [4.69, 9.17) is 23.2 Å². The maximum Gasteiger partial charge on any atom is 0.225 e. The van der Waals surface area contributed by atoms with Crippen LogP contribution < -0.4 is 0 Å². The third-order valence-electron chi connectivity index (χ3n) is 2.50.